The third kappa shape index (κ3) is 5.55. The number of nitrogens with one attached hydrogen (secondary N) is 2. The Morgan fingerprint density at radius 1 is 1.31 bits per heavy atom. The van der Waals surface area contributed by atoms with Gasteiger partial charge in [0.15, 0.2) is 0 Å². The Hall–Kier alpha value is -2.42. The highest BCUT2D eigenvalue weighted by molar-refractivity contribution is 5.56. The van der Waals surface area contributed by atoms with Crippen LogP contribution in [0.5, 0.6) is 0 Å². The molecule has 2 N–H and O–H groups in total. The maximum atomic E-state index is 12.1. The van der Waals surface area contributed by atoms with Crippen molar-refractivity contribution in [1.29, 1.82) is 0 Å². The van der Waals surface area contributed by atoms with Gasteiger partial charge in [0.1, 0.15) is 18.2 Å². The van der Waals surface area contributed by atoms with Crippen molar-refractivity contribution in [1.82, 2.24) is 15.0 Å². The van der Waals surface area contributed by atoms with Crippen molar-refractivity contribution in [3.05, 3.63) is 39.9 Å². The van der Waals surface area contributed by atoms with E-state index in [2.05, 4.69) is 25.0 Å². The molecule has 0 saturated carbocycles. The minimum Gasteiger partial charge on any atom is -0.370 e. The molecule has 2 heterocycles. The van der Waals surface area contributed by atoms with Gasteiger partial charge in [0, 0.05) is 23.0 Å². The molecule has 6 nitrogen and oxygen atoms in total. The number of aromatic nitrogens is 3. The first kappa shape index (κ1) is 19.9. The van der Waals surface area contributed by atoms with Gasteiger partial charge in [-0.05, 0) is 32.4 Å². The summed E-state index contributed by atoms with van der Waals surface area (Å²) in [5.74, 6) is 0.917. The maximum absolute atomic E-state index is 12.1. The molecule has 1 atom stereocenters. The second kappa shape index (κ2) is 8.31. The highest BCUT2D eigenvalue weighted by Gasteiger charge is 2.27. The lowest BCUT2D eigenvalue weighted by atomic mass is 10.2. The standard InChI is InChI=1S/C17H21F3N4O2/c1-4-13(8-26-9-17(18,19)20)23-14-6-5-12(7-21-14)15-22-11(3)10(2)16(25)24-15/h5-7,13H,4,8-9H2,1-3H3,(H,21,23)(H,22,24,25). The number of rotatable bonds is 7. The Morgan fingerprint density at radius 3 is 2.58 bits per heavy atom. The SMILES string of the molecule is CCC(COCC(F)(F)F)Nc1ccc(-c2nc(C)c(C)c(=O)[nH]2)cn1. The van der Waals surface area contributed by atoms with E-state index in [0.29, 0.717) is 34.9 Å². The summed E-state index contributed by atoms with van der Waals surface area (Å²) in [7, 11) is 0. The number of pyridine rings is 1. The van der Waals surface area contributed by atoms with E-state index in [1.807, 2.05) is 6.92 Å². The van der Waals surface area contributed by atoms with Crippen LogP contribution in [-0.2, 0) is 4.74 Å². The minimum absolute atomic E-state index is 0.0779. The lowest BCUT2D eigenvalue weighted by Gasteiger charge is -2.18. The number of nitrogens with zero attached hydrogens (tertiary/aromatic N) is 2. The van der Waals surface area contributed by atoms with E-state index in [9.17, 15) is 18.0 Å². The molecule has 2 aromatic rings. The predicted octanol–water partition coefficient (Wildman–Crippen LogP) is 3.22. The highest BCUT2D eigenvalue weighted by atomic mass is 19.4. The van der Waals surface area contributed by atoms with E-state index in [1.54, 1.807) is 32.2 Å². The molecular formula is C17H21F3N4O2. The van der Waals surface area contributed by atoms with Gasteiger partial charge < -0.3 is 15.0 Å². The minimum atomic E-state index is -4.34. The van der Waals surface area contributed by atoms with Crippen LogP contribution in [0, 0.1) is 13.8 Å². The van der Waals surface area contributed by atoms with Gasteiger partial charge in [0.2, 0.25) is 0 Å². The van der Waals surface area contributed by atoms with E-state index in [0.717, 1.165) is 0 Å². The molecule has 0 fully saturated rings. The van der Waals surface area contributed by atoms with Crippen molar-refractivity contribution in [2.75, 3.05) is 18.5 Å². The Bertz CT molecular complexity index is 788. The molecule has 0 aliphatic heterocycles. The van der Waals surface area contributed by atoms with Gasteiger partial charge in [-0.15, -0.1) is 0 Å². The van der Waals surface area contributed by atoms with Gasteiger partial charge in [-0.1, -0.05) is 6.92 Å². The molecule has 142 valence electrons. The Balaban J connectivity index is 2.03. The van der Waals surface area contributed by atoms with Crippen molar-refractivity contribution in [3.63, 3.8) is 0 Å². The number of hydrogen-bond acceptors (Lipinski definition) is 5. The van der Waals surface area contributed by atoms with Crippen LogP contribution in [0.25, 0.3) is 11.4 Å². The average Bonchev–Trinajstić information content (AvgIpc) is 2.58. The normalized spacial score (nSPS) is 12.8. The molecule has 0 aromatic carbocycles. The lowest BCUT2D eigenvalue weighted by Crippen LogP contribution is -2.28. The van der Waals surface area contributed by atoms with Crippen LogP contribution in [0.15, 0.2) is 23.1 Å². The topological polar surface area (TPSA) is 79.9 Å². The van der Waals surface area contributed by atoms with Gasteiger partial charge >= 0.3 is 6.18 Å². The number of hydrogen-bond donors (Lipinski definition) is 2. The Kier molecular flexibility index (Phi) is 6.36. The van der Waals surface area contributed by atoms with E-state index in [-0.39, 0.29) is 18.2 Å². The maximum Gasteiger partial charge on any atom is 0.411 e. The zero-order chi connectivity index (χ0) is 19.3. The fraction of sp³-hybridized carbons (Fsp3) is 0.471. The Morgan fingerprint density at radius 2 is 2.04 bits per heavy atom. The molecule has 0 radical (unpaired) electrons. The second-order valence-electron chi connectivity index (χ2n) is 5.94. The van der Waals surface area contributed by atoms with Crippen LogP contribution in [0.3, 0.4) is 0 Å². The average molecular weight is 370 g/mol. The van der Waals surface area contributed by atoms with Gasteiger partial charge in [-0.2, -0.15) is 13.2 Å². The van der Waals surface area contributed by atoms with Crippen molar-refractivity contribution >= 4 is 5.82 Å². The van der Waals surface area contributed by atoms with Gasteiger partial charge in [-0.3, -0.25) is 4.79 Å². The molecule has 0 amide bonds. The molecular weight excluding hydrogens is 349 g/mol. The summed E-state index contributed by atoms with van der Waals surface area (Å²) in [6.45, 7) is 3.94. The zero-order valence-corrected chi connectivity index (χ0v) is 14.8. The van der Waals surface area contributed by atoms with Gasteiger partial charge in [0.25, 0.3) is 5.56 Å². The zero-order valence-electron chi connectivity index (χ0n) is 14.8. The molecule has 0 saturated heterocycles. The smallest absolute Gasteiger partial charge is 0.370 e. The summed E-state index contributed by atoms with van der Waals surface area (Å²) in [5, 5.41) is 3.03. The van der Waals surface area contributed by atoms with Crippen molar-refractivity contribution in [2.45, 2.75) is 39.4 Å². The number of H-pyrrole nitrogens is 1. The van der Waals surface area contributed by atoms with Crippen molar-refractivity contribution < 1.29 is 17.9 Å². The summed E-state index contributed by atoms with van der Waals surface area (Å²) in [4.78, 5) is 23.1. The fourth-order valence-corrected chi connectivity index (χ4v) is 2.19. The molecule has 2 rings (SSSR count). The predicted molar refractivity (Wildman–Crippen MR) is 92.1 cm³/mol. The van der Waals surface area contributed by atoms with Crippen molar-refractivity contribution in [2.24, 2.45) is 0 Å². The molecule has 1 unspecified atom stereocenters. The Labute approximate surface area is 148 Å². The quantitative estimate of drug-likeness (QED) is 0.782. The fourth-order valence-electron chi connectivity index (χ4n) is 2.19. The van der Waals surface area contributed by atoms with Crippen LogP contribution < -0.4 is 10.9 Å². The lowest BCUT2D eigenvalue weighted by molar-refractivity contribution is -0.174. The first-order valence-electron chi connectivity index (χ1n) is 8.14. The van der Waals surface area contributed by atoms with E-state index >= 15 is 0 Å². The van der Waals surface area contributed by atoms with Gasteiger partial charge in [0.05, 0.1) is 12.6 Å². The molecule has 26 heavy (non-hydrogen) atoms. The molecule has 0 aliphatic carbocycles. The summed E-state index contributed by atoms with van der Waals surface area (Å²) in [6, 6.07) is 3.11. The van der Waals surface area contributed by atoms with Gasteiger partial charge in [-0.25, -0.2) is 9.97 Å². The first-order chi connectivity index (χ1) is 12.2. The molecule has 0 aliphatic rings. The number of halogens is 3. The van der Waals surface area contributed by atoms with Crippen LogP contribution >= 0.6 is 0 Å². The van der Waals surface area contributed by atoms with Crippen molar-refractivity contribution in [3.8, 4) is 11.4 Å². The monoisotopic (exact) mass is 370 g/mol. The summed E-state index contributed by atoms with van der Waals surface area (Å²) in [5.41, 5.74) is 1.63. The number of aromatic amines is 1. The summed E-state index contributed by atoms with van der Waals surface area (Å²) >= 11 is 0. The van der Waals surface area contributed by atoms with Crippen LogP contribution in [0.1, 0.15) is 24.6 Å². The third-order valence-corrected chi connectivity index (χ3v) is 3.86. The largest absolute Gasteiger partial charge is 0.411 e. The number of aryl methyl sites for hydroxylation is 1. The molecule has 2 aromatic heterocycles. The van der Waals surface area contributed by atoms with E-state index in [1.165, 1.54) is 0 Å². The van der Waals surface area contributed by atoms with E-state index < -0.39 is 12.8 Å². The van der Waals surface area contributed by atoms with Crippen LogP contribution in [0.4, 0.5) is 19.0 Å². The van der Waals surface area contributed by atoms with Crippen LogP contribution in [-0.4, -0.2) is 40.4 Å². The molecule has 9 heteroatoms. The second-order valence-corrected chi connectivity index (χ2v) is 5.94. The number of ether oxygens (including phenoxy) is 1. The first-order valence-corrected chi connectivity index (χ1v) is 8.14. The third-order valence-electron chi connectivity index (χ3n) is 3.86. The summed E-state index contributed by atoms with van der Waals surface area (Å²) < 4.78 is 41.1. The molecule has 0 bridgehead atoms. The summed E-state index contributed by atoms with van der Waals surface area (Å²) in [6.07, 6.45) is -2.22. The number of anilines is 1. The van der Waals surface area contributed by atoms with Crippen LogP contribution in [0.2, 0.25) is 0 Å². The number of alkyl halides is 3. The molecule has 0 spiro atoms. The highest BCUT2D eigenvalue weighted by Crippen LogP contribution is 2.17. The van der Waals surface area contributed by atoms with E-state index in [4.69, 9.17) is 0 Å².